The van der Waals surface area contributed by atoms with Crippen LogP contribution in [0.15, 0.2) is 59.6 Å². The molecule has 1 aliphatic rings. The fraction of sp³-hybridized carbons (Fsp3) is 0.300. The van der Waals surface area contributed by atoms with Crippen LogP contribution in [0.1, 0.15) is 37.4 Å². The Hall–Kier alpha value is -3.11. The highest BCUT2D eigenvalue weighted by Gasteiger charge is 2.26. The van der Waals surface area contributed by atoms with E-state index in [0.717, 1.165) is 37.1 Å². The van der Waals surface area contributed by atoms with Gasteiger partial charge >= 0.3 is 0 Å². The van der Waals surface area contributed by atoms with Gasteiger partial charge in [0, 0.05) is 12.3 Å². The number of nitro benzene ring substituents is 1. The Balaban J connectivity index is 1.62. The zero-order valence-electron chi connectivity index (χ0n) is 16.1. The van der Waals surface area contributed by atoms with Crippen LogP contribution in [0.25, 0.3) is 11.4 Å². The summed E-state index contributed by atoms with van der Waals surface area (Å²) in [6.45, 7) is -0.0755. The normalized spacial score (nSPS) is 14.8. The standard InChI is InChI=1S/C20H21N5O4S/c26-25(27)18-10-3-4-11-20(18)30(28,29)22-14-15-13-19(17-9-5-6-12-21-17)24(23-15)16-7-1-2-8-16/h3-6,9-13,16,22H,1-2,7-8,14H2. The van der Waals surface area contributed by atoms with Crippen LogP contribution in [-0.4, -0.2) is 28.1 Å². The van der Waals surface area contributed by atoms with Gasteiger partial charge in [0.25, 0.3) is 5.69 Å². The van der Waals surface area contributed by atoms with Crippen LogP contribution >= 0.6 is 0 Å². The Labute approximate surface area is 174 Å². The molecule has 1 saturated carbocycles. The highest BCUT2D eigenvalue weighted by molar-refractivity contribution is 7.89. The summed E-state index contributed by atoms with van der Waals surface area (Å²) in [6, 6.07) is 13.0. The monoisotopic (exact) mass is 427 g/mol. The summed E-state index contributed by atoms with van der Waals surface area (Å²) >= 11 is 0. The molecule has 156 valence electrons. The molecule has 0 aliphatic heterocycles. The number of nitro groups is 1. The number of benzene rings is 1. The number of hydrogen-bond acceptors (Lipinski definition) is 6. The van der Waals surface area contributed by atoms with E-state index in [1.165, 1.54) is 24.3 Å². The van der Waals surface area contributed by atoms with Crippen molar-refractivity contribution in [1.29, 1.82) is 0 Å². The van der Waals surface area contributed by atoms with Gasteiger partial charge in [-0.15, -0.1) is 0 Å². The van der Waals surface area contributed by atoms with E-state index in [1.807, 2.05) is 28.9 Å². The molecule has 0 bridgehead atoms. The van der Waals surface area contributed by atoms with Gasteiger partial charge in [-0.1, -0.05) is 31.0 Å². The maximum Gasteiger partial charge on any atom is 0.289 e. The first kappa shape index (κ1) is 20.2. The van der Waals surface area contributed by atoms with Crippen molar-refractivity contribution in [1.82, 2.24) is 19.5 Å². The fourth-order valence-corrected chi connectivity index (χ4v) is 4.92. The summed E-state index contributed by atoms with van der Waals surface area (Å²) in [5.41, 5.74) is 1.67. The van der Waals surface area contributed by atoms with Gasteiger partial charge < -0.3 is 0 Å². The predicted molar refractivity (Wildman–Crippen MR) is 110 cm³/mol. The number of aromatic nitrogens is 3. The number of para-hydroxylation sites is 1. The molecule has 1 aromatic carbocycles. The minimum Gasteiger partial charge on any atom is -0.260 e. The summed E-state index contributed by atoms with van der Waals surface area (Å²) in [4.78, 5) is 14.5. The van der Waals surface area contributed by atoms with Crippen molar-refractivity contribution >= 4 is 15.7 Å². The lowest BCUT2D eigenvalue weighted by Gasteiger charge is -2.13. The zero-order valence-corrected chi connectivity index (χ0v) is 17.0. The molecule has 0 atom stereocenters. The summed E-state index contributed by atoms with van der Waals surface area (Å²) in [6.07, 6.45) is 6.00. The van der Waals surface area contributed by atoms with E-state index < -0.39 is 20.6 Å². The van der Waals surface area contributed by atoms with Crippen molar-refractivity contribution in [2.24, 2.45) is 0 Å². The van der Waals surface area contributed by atoms with Gasteiger partial charge in [-0.05, 0) is 37.1 Å². The third kappa shape index (κ3) is 4.10. The van der Waals surface area contributed by atoms with Crippen molar-refractivity contribution in [3.8, 4) is 11.4 Å². The lowest BCUT2D eigenvalue weighted by Crippen LogP contribution is -2.24. The van der Waals surface area contributed by atoms with E-state index in [9.17, 15) is 18.5 Å². The molecular weight excluding hydrogens is 406 g/mol. The first-order valence-corrected chi connectivity index (χ1v) is 11.2. The van der Waals surface area contributed by atoms with Gasteiger partial charge in [0.05, 0.1) is 34.6 Å². The number of pyridine rings is 1. The van der Waals surface area contributed by atoms with Gasteiger partial charge in [0.15, 0.2) is 4.90 Å². The minimum atomic E-state index is -4.08. The molecule has 4 rings (SSSR count). The van der Waals surface area contributed by atoms with Crippen LogP contribution < -0.4 is 4.72 Å². The number of rotatable bonds is 7. The van der Waals surface area contributed by atoms with Crippen molar-refractivity contribution in [2.75, 3.05) is 0 Å². The minimum absolute atomic E-state index is 0.0755. The highest BCUT2D eigenvalue weighted by Crippen LogP contribution is 2.33. The molecule has 30 heavy (non-hydrogen) atoms. The highest BCUT2D eigenvalue weighted by atomic mass is 32.2. The summed E-state index contributed by atoms with van der Waals surface area (Å²) in [5.74, 6) is 0. The summed E-state index contributed by atoms with van der Waals surface area (Å²) < 4.78 is 29.7. The first-order chi connectivity index (χ1) is 14.5. The summed E-state index contributed by atoms with van der Waals surface area (Å²) in [7, 11) is -4.08. The van der Waals surface area contributed by atoms with Crippen molar-refractivity contribution < 1.29 is 13.3 Å². The van der Waals surface area contributed by atoms with Crippen LogP contribution in [0.4, 0.5) is 5.69 Å². The molecular formula is C20H21N5O4S. The third-order valence-corrected chi connectivity index (χ3v) is 6.63. The van der Waals surface area contributed by atoms with Crippen LogP contribution in [0.2, 0.25) is 0 Å². The van der Waals surface area contributed by atoms with E-state index in [-0.39, 0.29) is 17.5 Å². The van der Waals surface area contributed by atoms with E-state index >= 15 is 0 Å². The lowest BCUT2D eigenvalue weighted by molar-refractivity contribution is -0.387. The molecule has 1 N–H and O–H groups in total. The fourth-order valence-electron chi connectivity index (χ4n) is 3.75. The molecule has 3 aromatic rings. The lowest BCUT2D eigenvalue weighted by atomic mass is 10.2. The van der Waals surface area contributed by atoms with Gasteiger partial charge in [-0.25, -0.2) is 13.1 Å². The second-order valence-electron chi connectivity index (χ2n) is 7.17. The molecule has 0 unspecified atom stereocenters. The van der Waals surface area contributed by atoms with E-state index in [0.29, 0.717) is 5.69 Å². The molecule has 0 radical (unpaired) electrons. The van der Waals surface area contributed by atoms with Crippen molar-refractivity contribution in [3.05, 3.63) is 70.5 Å². The number of nitrogens with one attached hydrogen (secondary N) is 1. The van der Waals surface area contributed by atoms with Gasteiger partial charge in [0.2, 0.25) is 10.0 Å². The molecule has 0 spiro atoms. The predicted octanol–water partition coefficient (Wildman–Crippen LogP) is 3.45. The maximum absolute atomic E-state index is 12.7. The maximum atomic E-state index is 12.7. The Bertz CT molecular complexity index is 1150. The first-order valence-electron chi connectivity index (χ1n) is 9.68. The second kappa shape index (κ2) is 8.33. The van der Waals surface area contributed by atoms with Crippen molar-refractivity contribution in [2.45, 2.75) is 43.2 Å². The van der Waals surface area contributed by atoms with Crippen LogP contribution in [0.3, 0.4) is 0 Å². The zero-order chi connectivity index (χ0) is 21.1. The van der Waals surface area contributed by atoms with Crippen LogP contribution in [0, 0.1) is 10.1 Å². The molecule has 1 fully saturated rings. The Morgan fingerprint density at radius 1 is 1.13 bits per heavy atom. The number of sulfonamides is 1. The van der Waals surface area contributed by atoms with Gasteiger partial charge in [-0.2, -0.15) is 5.10 Å². The summed E-state index contributed by atoms with van der Waals surface area (Å²) in [5, 5.41) is 15.8. The molecule has 2 heterocycles. The molecule has 1 aliphatic carbocycles. The van der Waals surface area contributed by atoms with Crippen LogP contribution in [0.5, 0.6) is 0 Å². The van der Waals surface area contributed by atoms with Crippen LogP contribution in [-0.2, 0) is 16.6 Å². The van der Waals surface area contributed by atoms with Gasteiger partial charge in [-0.3, -0.25) is 19.8 Å². The Morgan fingerprint density at radius 3 is 2.57 bits per heavy atom. The molecule has 9 nitrogen and oxygen atoms in total. The average molecular weight is 427 g/mol. The molecule has 2 aromatic heterocycles. The smallest absolute Gasteiger partial charge is 0.260 e. The average Bonchev–Trinajstić information content (AvgIpc) is 3.43. The SMILES string of the molecule is O=[N+]([O-])c1ccccc1S(=O)(=O)NCc1cc(-c2ccccn2)n(C2CCCC2)n1. The van der Waals surface area contributed by atoms with Gasteiger partial charge in [0.1, 0.15) is 0 Å². The second-order valence-corrected chi connectivity index (χ2v) is 8.90. The molecule has 10 heteroatoms. The Kier molecular flexibility index (Phi) is 5.60. The van der Waals surface area contributed by atoms with Crippen molar-refractivity contribution in [3.63, 3.8) is 0 Å². The number of nitrogens with zero attached hydrogens (tertiary/aromatic N) is 4. The topological polar surface area (TPSA) is 120 Å². The third-order valence-electron chi connectivity index (χ3n) is 5.18. The Morgan fingerprint density at radius 2 is 1.87 bits per heavy atom. The molecule has 0 amide bonds. The molecule has 0 saturated heterocycles. The largest absolute Gasteiger partial charge is 0.289 e. The quantitative estimate of drug-likeness (QED) is 0.455. The number of hydrogen-bond donors (Lipinski definition) is 1. The van der Waals surface area contributed by atoms with E-state index in [1.54, 1.807) is 6.20 Å². The van der Waals surface area contributed by atoms with E-state index in [2.05, 4.69) is 14.8 Å². The van der Waals surface area contributed by atoms with E-state index in [4.69, 9.17) is 0 Å².